The van der Waals surface area contributed by atoms with Crippen molar-refractivity contribution in [3.63, 3.8) is 0 Å². The standard InChI is InChI=1S/C17H25N3OS.2ClH/c18-15-5-3-4-14(12-15)16(21)19-13-17(6-1-2-7-17)20-8-10-22-11-9-20;;/h3-5,12H,1-2,6-11,13,18H2,(H,19,21);2*1H. The molecule has 4 nitrogen and oxygen atoms in total. The fourth-order valence-electron chi connectivity index (χ4n) is 3.70. The molecule has 1 aliphatic carbocycles. The van der Waals surface area contributed by atoms with Gasteiger partial charge < -0.3 is 11.1 Å². The number of carbonyl (C=O) groups excluding carboxylic acids is 1. The molecule has 0 bridgehead atoms. The molecule has 1 aromatic carbocycles. The molecular formula is C17H27Cl2N3OS. The second kappa shape index (κ2) is 9.76. The first kappa shape index (κ1) is 21.4. The highest BCUT2D eigenvalue weighted by Crippen LogP contribution is 2.36. The van der Waals surface area contributed by atoms with Crippen LogP contribution in [0, 0.1) is 0 Å². The SMILES string of the molecule is Cl.Cl.Nc1cccc(C(=O)NCC2(N3CCSCC3)CCCC2)c1. The van der Waals surface area contributed by atoms with E-state index >= 15 is 0 Å². The maximum atomic E-state index is 12.4. The number of nitrogens with two attached hydrogens (primary N) is 1. The molecule has 0 aromatic heterocycles. The smallest absolute Gasteiger partial charge is 0.251 e. The van der Waals surface area contributed by atoms with Gasteiger partial charge in [0.05, 0.1) is 0 Å². The van der Waals surface area contributed by atoms with Crippen LogP contribution in [-0.4, -0.2) is 47.5 Å². The van der Waals surface area contributed by atoms with Crippen molar-refractivity contribution >= 4 is 48.2 Å². The number of hydrogen-bond acceptors (Lipinski definition) is 4. The average molecular weight is 392 g/mol. The molecule has 0 radical (unpaired) electrons. The number of nitrogens with zero attached hydrogens (tertiary/aromatic N) is 1. The summed E-state index contributed by atoms with van der Waals surface area (Å²) in [5.74, 6) is 2.42. The molecule has 3 N–H and O–H groups in total. The van der Waals surface area contributed by atoms with Crippen LogP contribution in [0.15, 0.2) is 24.3 Å². The van der Waals surface area contributed by atoms with Gasteiger partial charge in [-0.2, -0.15) is 11.8 Å². The van der Waals surface area contributed by atoms with Gasteiger partial charge in [0.2, 0.25) is 0 Å². The number of rotatable bonds is 4. The van der Waals surface area contributed by atoms with Crippen LogP contribution in [0.1, 0.15) is 36.0 Å². The molecule has 1 saturated heterocycles. The zero-order chi connectivity index (χ0) is 15.4. The number of carbonyl (C=O) groups is 1. The first-order chi connectivity index (χ1) is 10.7. The van der Waals surface area contributed by atoms with E-state index in [0.717, 1.165) is 19.6 Å². The zero-order valence-electron chi connectivity index (χ0n) is 13.8. The lowest BCUT2D eigenvalue weighted by atomic mass is 9.94. The Morgan fingerprint density at radius 2 is 1.88 bits per heavy atom. The Balaban J connectivity index is 0.00000144. The van der Waals surface area contributed by atoms with Crippen LogP contribution in [0.25, 0.3) is 0 Å². The van der Waals surface area contributed by atoms with E-state index in [0.29, 0.717) is 11.3 Å². The molecule has 3 rings (SSSR count). The van der Waals surface area contributed by atoms with Gasteiger partial charge in [-0.3, -0.25) is 9.69 Å². The van der Waals surface area contributed by atoms with E-state index in [-0.39, 0.29) is 36.3 Å². The Morgan fingerprint density at radius 1 is 1.21 bits per heavy atom. The molecule has 2 fully saturated rings. The Bertz CT molecular complexity index is 532. The number of thioether (sulfide) groups is 1. The van der Waals surface area contributed by atoms with Gasteiger partial charge in [0, 0.05) is 47.9 Å². The fourth-order valence-corrected chi connectivity index (χ4v) is 4.61. The molecule has 1 aliphatic heterocycles. The fraction of sp³-hybridized carbons (Fsp3) is 0.588. The van der Waals surface area contributed by atoms with Crippen LogP contribution in [0.5, 0.6) is 0 Å². The Kier molecular flexibility index (Phi) is 8.71. The Labute approximate surface area is 161 Å². The zero-order valence-corrected chi connectivity index (χ0v) is 16.3. The molecule has 0 atom stereocenters. The molecule has 1 amide bonds. The van der Waals surface area contributed by atoms with Crippen LogP contribution in [0.4, 0.5) is 5.69 Å². The minimum absolute atomic E-state index is 0. The number of anilines is 1. The summed E-state index contributed by atoms with van der Waals surface area (Å²) in [6.07, 6.45) is 4.96. The lowest BCUT2D eigenvalue weighted by molar-refractivity contribution is 0.0817. The summed E-state index contributed by atoms with van der Waals surface area (Å²) in [7, 11) is 0. The van der Waals surface area contributed by atoms with E-state index in [1.165, 1.54) is 37.2 Å². The Hall–Kier alpha value is -0.620. The van der Waals surface area contributed by atoms with Crippen LogP contribution < -0.4 is 11.1 Å². The molecule has 7 heteroatoms. The van der Waals surface area contributed by atoms with Crippen LogP contribution in [0.3, 0.4) is 0 Å². The van der Waals surface area contributed by atoms with Gasteiger partial charge in [-0.15, -0.1) is 24.8 Å². The summed E-state index contributed by atoms with van der Waals surface area (Å²) < 4.78 is 0. The van der Waals surface area contributed by atoms with Crippen molar-refractivity contribution in [1.82, 2.24) is 10.2 Å². The highest BCUT2D eigenvalue weighted by atomic mass is 35.5. The lowest BCUT2D eigenvalue weighted by Gasteiger charge is -2.43. The second-order valence-electron chi connectivity index (χ2n) is 6.34. The van der Waals surface area contributed by atoms with E-state index in [1.807, 2.05) is 23.9 Å². The van der Waals surface area contributed by atoms with Gasteiger partial charge in [0.1, 0.15) is 0 Å². The van der Waals surface area contributed by atoms with E-state index < -0.39 is 0 Å². The molecule has 24 heavy (non-hydrogen) atoms. The van der Waals surface area contributed by atoms with E-state index in [4.69, 9.17) is 5.73 Å². The molecule has 136 valence electrons. The van der Waals surface area contributed by atoms with Crippen molar-refractivity contribution in [2.45, 2.75) is 31.2 Å². The number of amides is 1. The van der Waals surface area contributed by atoms with Gasteiger partial charge in [-0.1, -0.05) is 18.9 Å². The van der Waals surface area contributed by atoms with Gasteiger partial charge in [-0.25, -0.2) is 0 Å². The van der Waals surface area contributed by atoms with Crippen molar-refractivity contribution in [1.29, 1.82) is 0 Å². The summed E-state index contributed by atoms with van der Waals surface area (Å²) in [6.45, 7) is 3.06. The van der Waals surface area contributed by atoms with Crippen molar-refractivity contribution in [2.75, 3.05) is 36.9 Å². The molecule has 1 heterocycles. The summed E-state index contributed by atoms with van der Waals surface area (Å²) in [5.41, 5.74) is 7.23. The van der Waals surface area contributed by atoms with Crippen molar-refractivity contribution in [3.8, 4) is 0 Å². The van der Waals surface area contributed by atoms with Crippen molar-refractivity contribution in [2.24, 2.45) is 0 Å². The lowest BCUT2D eigenvalue weighted by Crippen LogP contribution is -2.56. The summed E-state index contributed by atoms with van der Waals surface area (Å²) in [6, 6.07) is 7.21. The molecule has 1 aromatic rings. The predicted octanol–water partition coefficient (Wildman–Crippen LogP) is 3.20. The maximum Gasteiger partial charge on any atom is 0.251 e. The topological polar surface area (TPSA) is 58.4 Å². The third-order valence-corrected chi connectivity index (χ3v) is 5.89. The number of benzene rings is 1. The summed E-state index contributed by atoms with van der Waals surface area (Å²) >= 11 is 2.04. The van der Waals surface area contributed by atoms with Crippen LogP contribution in [-0.2, 0) is 0 Å². The summed E-state index contributed by atoms with van der Waals surface area (Å²) in [5, 5.41) is 3.16. The third-order valence-electron chi connectivity index (χ3n) is 4.94. The highest BCUT2D eigenvalue weighted by molar-refractivity contribution is 7.99. The minimum Gasteiger partial charge on any atom is -0.399 e. The van der Waals surface area contributed by atoms with Gasteiger partial charge in [-0.05, 0) is 31.0 Å². The molecule has 2 aliphatic rings. The third kappa shape index (κ3) is 4.94. The maximum absolute atomic E-state index is 12.4. The highest BCUT2D eigenvalue weighted by Gasteiger charge is 2.40. The van der Waals surface area contributed by atoms with Crippen LogP contribution in [0.2, 0.25) is 0 Å². The Morgan fingerprint density at radius 3 is 2.50 bits per heavy atom. The van der Waals surface area contributed by atoms with Gasteiger partial charge in [0.25, 0.3) is 5.91 Å². The van der Waals surface area contributed by atoms with E-state index in [9.17, 15) is 4.79 Å². The molecule has 0 spiro atoms. The molecular weight excluding hydrogens is 365 g/mol. The van der Waals surface area contributed by atoms with Crippen LogP contribution >= 0.6 is 36.6 Å². The molecule has 0 unspecified atom stereocenters. The largest absolute Gasteiger partial charge is 0.399 e. The number of nitrogen functional groups attached to an aromatic ring is 1. The normalized spacial score (nSPS) is 19.8. The van der Waals surface area contributed by atoms with Crippen molar-refractivity contribution < 1.29 is 4.79 Å². The van der Waals surface area contributed by atoms with Crippen molar-refractivity contribution in [3.05, 3.63) is 29.8 Å². The van der Waals surface area contributed by atoms with E-state index in [1.54, 1.807) is 12.1 Å². The first-order valence-corrected chi connectivity index (χ1v) is 9.32. The monoisotopic (exact) mass is 391 g/mol. The number of nitrogens with one attached hydrogen (secondary N) is 1. The number of hydrogen-bond donors (Lipinski definition) is 2. The minimum atomic E-state index is -0.00930. The van der Waals surface area contributed by atoms with E-state index in [2.05, 4.69) is 10.2 Å². The van der Waals surface area contributed by atoms with Gasteiger partial charge >= 0.3 is 0 Å². The van der Waals surface area contributed by atoms with Gasteiger partial charge in [0.15, 0.2) is 0 Å². The first-order valence-electron chi connectivity index (χ1n) is 8.16. The second-order valence-corrected chi connectivity index (χ2v) is 7.56. The average Bonchev–Trinajstić information content (AvgIpc) is 3.04. The predicted molar refractivity (Wildman–Crippen MR) is 108 cm³/mol. The molecule has 1 saturated carbocycles. The number of halogens is 2. The summed E-state index contributed by atoms with van der Waals surface area (Å²) in [4.78, 5) is 15.0. The quantitative estimate of drug-likeness (QED) is 0.773.